The molecule has 1 N–H and O–H groups in total. The summed E-state index contributed by atoms with van der Waals surface area (Å²) in [5.74, 6) is -1.65. The predicted molar refractivity (Wildman–Crippen MR) is 86.2 cm³/mol. The van der Waals surface area contributed by atoms with Gasteiger partial charge in [0.25, 0.3) is 5.91 Å². The van der Waals surface area contributed by atoms with Gasteiger partial charge in [-0.3, -0.25) is 9.59 Å². The number of amides is 1. The van der Waals surface area contributed by atoms with Crippen molar-refractivity contribution in [2.24, 2.45) is 0 Å². The zero-order chi connectivity index (χ0) is 17.4. The van der Waals surface area contributed by atoms with Crippen molar-refractivity contribution in [3.8, 4) is 0 Å². The van der Waals surface area contributed by atoms with Gasteiger partial charge in [0.2, 0.25) is 0 Å². The van der Waals surface area contributed by atoms with Crippen molar-refractivity contribution in [1.82, 2.24) is 9.47 Å². The maximum atomic E-state index is 12.8. The molecule has 126 valence electrons. The number of esters is 1. The molecule has 0 unspecified atom stereocenters. The van der Waals surface area contributed by atoms with Gasteiger partial charge >= 0.3 is 11.9 Å². The molecule has 0 fully saturated rings. The highest BCUT2D eigenvalue weighted by Gasteiger charge is 2.28. The number of methoxy groups -OCH3 is 1. The van der Waals surface area contributed by atoms with Gasteiger partial charge in [-0.25, -0.2) is 4.79 Å². The number of fused-ring (bicyclic) bond motifs is 3. The highest BCUT2D eigenvalue weighted by Crippen LogP contribution is 2.31. The molecule has 2 aromatic rings. The molecule has 1 aliphatic rings. The summed E-state index contributed by atoms with van der Waals surface area (Å²) < 4.78 is 6.37. The summed E-state index contributed by atoms with van der Waals surface area (Å²) in [7, 11) is 3.02. The third kappa shape index (κ3) is 2.51. The number of carbonyl (C=O) groups is 3. The van der Waals surface area contributed by atoms with E-state index in [-0.39, 0.29) is 18.0 Å². The van der Waals surface area contributed by atoms with Crippen molar-refractivity contribution < 1.29 is 24.2 Å². The third-order valence-electron chi connectivity index (χ3n) is 4.40. The van der Waals surface area contributed by atoms with Crippen LogP contribution < -0.4 is 0 Å². The van der Waals surface area contributed by atoms with Crippen molar-refractivity contribution in [3.63, 3.8) is 0 Å². The standard InChI is InChI=1S/C17H18N2O5/c1-18-7-3-4-11-12-8-10(17(22)23)5-6-13(12)19(9-14(20)24-2)15(11)16(18)21/h5-6,8H,3-4,7,9H2,1-2H3,(H,22,23). The molecule has 1 aromatic heterocycles. The molecule has 0 saturated carbocycles. The van der Waals surface area contributed by atoms with Gasteiger partial charge in [-0.2, -0.15) is 0 Å². The van der Waals surface area contributed by atoms with Crippen LogP contribution in [0.15, 0.2) is 18.2 Å². The summed E-state index contributed by atoms with van der Waals surface area (Å²) in [5.41, 5.74) is 2.06. The number of aromatic carboxylic acids is 1. The zero-order valence-corrected chi connectivity index (χ0v) is 13.5. The Bertz CT molecular complexity index is 852. The number of rotatable bonds is 3. The van der Waals surface area contributed by atoms with E-state index in [4.69, 9.17) is 4.74 Å². The van der Waals surface area contributed by atoms with Crippen LogP contribution >= 0.6 is 0 Å². The molecule has 2 heterocycles. The van der Waals surface area contributed by atoms with Crippen molar-refractivity contribution in [2.45, 2.75) is 19.4 Å². The van der Waals surface area contributed by atoms with Crippen LogP contribution in [0, 0.1) is 0 Å². The first-order chi connectivity index (χ1) is 11.4. The summed E-state index contributed by atoms with van der Waals surface area (Å²) in [6.45, 7) is 0.528. The molecule has 1 aromatic carbocycles. The molecule has 0 bridgehead atoms. The average molecular weight is 330 g/mol. The summed E-state index contributed by atoms with van der Waals surface area (Å²) in [6, 6.07) is 4.69. The SMILES string of the molecule is COC(=O)Cn1c2c(c3cc(C(=O)O)ccc31)CCCN(C)C2=O. The first kappa shape index (κ1) is 16.0. The lowest BCUT2D eigenvalue weighted by Crippen LogP contribution is -2.29. The van der Waals surface area contributed by atoms with Gasteiger partial charge in [-0.05, 0) is 36.6 Å². The van der Waals surface area contributed by atoms with Crippen LogP contribution in [0.1, 0.15) is 32.8 Å². The van der Waals surface area contributed by atoms with Gasteiger partial charge < -0.3 is 19.3 Å². The van der Waals surface area contributed by atoms with E-state index in [1.807, 2.05) is 0 Å². The van der Waals surface area contributed by atoms with Gasteiger partial charge in [0.15, 0.2) is 0 Å². The van der Waals surface area contributed by atoms with E-state index in [0.29, 0.717) is 29.6 Å². The Balaban J connectivity index is 2.30. The van der Waals surface area contributed by atoms with E-state index >= 15 is 0 Å². The summed E-state index contributed by atoms with van der Waals surface area (Å²) in [5, 5.41) is 9.94. The van der Waals surface area contributed by atoms with Crippen molar-refractivity contribution >= 4 is 28.7 Å². The van der Waals surface area contributed by atoms with Gasteiger partial charge in [0.1, 0.15) is 12.2 Å². The second kappa shape index (κ2) is 5.99. The smallest absolute Gasteiger partial charge is 0.335 e. The molecule has 24 heavy (non-hydrogen) atoms. The molecule has 0 radical (unpaired) electrons. The van der Waals surface area contributed by atoms with E-state index in [2.05, 4.69) is 0 Å². The number of hydrogen-bond donors (Lipinski definition) is 1. The molecule has 0 spiro atoms. The monoisotopic (exact) mass is 330 g/mol. The van der Waals surface area contributed by atoms with E-state index in [1.165, 1.54) is 13.2 Å². The Morgan fingerprint density at radius 2 is 2.08 bits per heavy atom. The summed E-state index contributed by atoms with van der Waals surface area (Å²) in [4.78, 5) is 37.4. The molecule has 3 rings (SSSR count). The van der Waals surface area contributed by atoms with Crippen molar-refractivity contribution in [1.29, 1.82) is 0 Å². The molecule has 7 nitrogen and oxygen atoms in total. The number of benzene rings is 1. The van der Waals surface area contributed by atoms with Gasteiger partial charge in [-0.1, -0.05) is 0 Å². The van der Waals surface area contributed by atoms with Crippen molar-refractivity contribution in [2.75, 3.05) is 20.7 Å². The Labute approximate surface area is 138 Å². The number of aryl methyl sites for hydroxylation is 1. The van der Waals surface area contributed by atoms with Crippen LogP contribution in [0.3, 0.4) is 0 Å². The van der Waals surface area contributed by atoms with Crippen LogP contribution in [-0.4, -0.2) is 53.1 Å². The molecule has 1 amide bonds. The van der Waals surface area contributed by atoms with Crippen LogP contribution in [0.2, 0.25) is 0 Å². The fourth-order valence-electron chi connectivity index (χ4n) is 3.19. The van der Waals surface area contributed by atoms with E-state index in [0.717, 1.165) is 12.0 Å². The fraction of sp³-hybridized carbons (Fsp3) is 0.353. The van der Waals surface area contributed by atoms with Crippen LogP contribution in [0.5, 0.6) is 0 Å². The van der Waals surface area contributed by atoms with Gasteiger partial charge in [0.05, 0.1) is 12.7 Å². The van der Waals surface area contributed by atoms with Gasteiger partial charge in [0, 0.05) is 24.5 Å². The number of carboxylic acids is 1. The van der Waals surface area contributed by atoms with Crippen LogP contribution in [0.25, 0.3) is 10.9 Å². The lowest BCUT2D eigenvalue weighted by atomic mass is 10.0. The lowest BCUT2D eigenvalue weighted by Gasteiger charge is -2.16. The first-order valence-corrected chi connectivity index (χ1v) is 7.64. The molecule has 0 atom stereocenters. The molecule has 1 aliphatic heterocycles. The van der Waals surface area contributed by atoms with E-state index in [9.17, 15) is 19.5 Å². The quantitative estimate of drug-likeness (QED) is 0.862. The van der Waals surface area contributed by atoms with Crippen LogP contribution in [-0.2, 0) is 22.5 Å². The number of aromatic nitrogens is 1. The Morgan fingerprint density at radius 1 is 1.33 bits per heavy atom. The minimum atomic E-state index is -1.02. The first-order valence-electron chi connectivity index (χ1n) is 7.64. The number of carbonyl (C=O) groups excluding carboxylic acids is 2. The summed E-state index contributed by atoms with van der Waals surface area (Å²) in [6.07, 6.45) is 1.43. The average Bonchev–Trinajstić information content (AvgIpc) is 2.78. The Hall–Kier alpha value is -2.83. The normalized spacial score (nSPS) is 14.4. The number of hydrogen-bond acceptors (Lipinski definition) is 4. The predicted octanol–water partition coefficient (Wildman–Crippen LogP) is 1.53. The molecular formula is C17H18N2O5. The molecule has 0 saturated heterocycles. The van der Waals surface area contributed by atoms with Crippen LogP contribution in [0.4, 0.5) is 0 Å². The Morgan fingerprint density at radius 3 is 2.75 bits per heavy atom. The van der Waals surface area contributed by atoms with E-state index < -0.39 is 11.9 Å². The molecular weight excluding hydrogens is 312 g/mol. The number of ether oxygens (including phenoxy) is 1. The fourth-order valence-corrected chi connectivity index (χ4v) is 3.19. The summed E-state index contributed by atoms with van der Waals surface area (Å²) >= 11 is 0. The second-order valence-electron chi connectivity index (χ2n) is 5.86. The number of carboxylic acid groups (broad SMARTS) is 1. The highest BCUT2D eigenvalue weighted by molar-refractivity contribution is 6.04. The molecule has 7 heteroatoms. The molecule has 0 aliphatic carbocycles. The maximum Gasteiger partial charge on any atom is 0.335 e. The second-order valence-corrected chi connectivity index (χ2v) is 5.86. The van der Waals surface area contributed by atoms with Crippen molar-refractivity contribution in [3.05, 3.63) is 35.0 Å². The number of nitrogens with zero attached hydrogens (tertiary/aromatic N) is 2. The van der Waals surface area contributed by atoms with E-state index in [1.54, 1.807) is 28.6 Å². The minimum absolute atomic E-state index is 0.0890. The topological polar surface area (TPSA) is 88.8 Å². The third-order valence-corrected chi connectivity index (χ3v) is 4.40. The highest BCUT2D eigenvalue weighted by atomic mass is 16.5. The minimum Gasteiger partial charge on any atom is -0.478 e. The van der Waals surface area contributed by atoms with Gasteiger partial charge in [-0.15, -0.1) is 0 Å². The largest absolute Gasteiger partial charge is 0.478 e. The maximum absolute atomic E-state index is 12.8. The lowest BCUT2D eigenvalue weighted by molar-refractivity contribution is -0.141. The Kier molecular flexibility index (Phi) is 4.01. The zero-order valence-electron chi connectivity index (χ0n) is 13.5.